The van der Waals surface area contributed by atoms with Gasteiger partial charge in [0, 0.05) is 19.1 Å². The number of imidazole rings is 1. The number of hydrogen-bond donors (Lipinski definition) is 1. The van der Waals surface area contributed by atoms with Gasteiger partial charge < -0.3 is 9.88 Å². The monoisotopic (exact) mass is 293 g/mol. The first-order chi connectivity index (χ1) is 9.61. The first kappa shape index (κ1) is 13.8. The van der Waals surface area contributed by atoms with Crippen LogP contribution in [0.2, 0.25) is 0 Å². The van der Waals surface area contributed by atoms with Crippen LogP contribution in [0.3, 0.4) is 0 Å². The van der Waals surface area contributed by atoms with Crippen LogP contribution >= 0.6 is 12.2 Å². The summed E-state index contributed by atoms with van der Waals surface area (Å²) in [4.78, 5) is 5.86. The molecule has 1 aliphatic rings. The van der Waals surface area contributed by atoms with Gasteiger partial charge in [-0.1, -0.05) is 0 Å². The number of aromatic amines is 1. The zero-order chi connectivity index (χ0) is 14.3. The Balaban J connectivity index is 2.00. The number of hydrogen-bond acceptors (Lipinski definition) is 3. The Morgan fingerprint density at radius 2 is 2.05 bits per heavy atom. The van der Waals surface area contributed by atoms with Crippen molar-refractivity contribution in [2.45, 2.75) is 46.2 Å². The molecule has 0 radical (unpaired) electrons. The van der Waals surface area contributed by atoms with Crippen LogP contribution in [-0.2, 0) is 6.54 Å². The lowest BCUT2D eigenvalue weighted by Crippen LogP contribution is -2.27. The van der Waals surface area contributed by atoms with Crippen LogP contribution in [0.1, 0.15) is 38.4 Å². The molecule has 0 bridgehead atoms. The minimum Gasteiger partial charge on any atom is -0.328 e. The van der Waals surface area contributed by atoms with Crippen molar-refractivity contribution in [1.82, 2.24) is 24.2 Å². The molecule has 0 amide bonds. The van der Waals surface area contributed by atoms with E-state index in [0.717, 1.165) is 34.7 Å². The summed E-state index contributed by atoms with van der Waals surface area (Å²) in [5.41, 5.74) is 3.26. The second kappa shape index (κ2) is 5.33. The molecule has 1 aliphatic heterocycles. The molecule has 1 atom stereocenters. The molecule has 1 fully saturated rings. The maximum Gasteiger partial charge on any atom is 0.179 e. The van der Waals surface area contributed by atoms with Gasteiger partial charge in [0.2, 0.25) is 0 Å². The van der Waals surface area contributed by atoms with Crippen molar-refractivity contribution in [3.63, 3.8) is 0 Å². The summed E-state index contributed by atoms with van der Waals surface area (Å²) in [7, 11) is 0. The smallest absolute Gasteiger partial charge is 0.179 e. The van der Waals surface area contributed by atoms with Gasteiger partial charge in [-0.15, -0.1) is 0 Å². The van der Waals surface area contributed by atoms with Gasteiger partial charge in [0.05, 0.1) is 5.69 Å². The summed E-state index contributed by atoms with van der Waals surface area (Å²) in [5, 5.41) is 4.59. The van der Waals surface area contributed by atoms with Crippen LogP contribution in [0, 0.1) is 11.7 Å². The third-order valence-corrected chi connectivity index (χ3v) is 4.54. The number of H-pyrrole nitrogens is 1. The first-order valence-corrected chi connectivity index (χ1v) is 7.92. The normalized spacial score (nSPS) is 18.1. The van der Waals surface area contributed by atoms with E-state index in [1.807, 2.05) is 6.92 Å². The van der Waals surface area contributed by atoms with Gasteiger partial charge in [-0.05, 0) is 58.9 Å². The molecule has 0 saturated carbocycles. The fourth-order valence-corrected chi connectivity index (χ4v) is 3.64. The van der Waals surface area contributed by atoms with E-state index in [0.29, 0.717) is 6.04 Å². The molecule has 110 valence electrons. The summed E-state index contributed by atoms with van der Waals surface area (Å²) >= 11 is 5.54. The lowest BCUT2D eigenvalue weighted by Gasteiger charge is -2.22. The van der Waals surface area contributed by atoms with Crippen LogP contribution in [0.15, 0.2) is 0 Å². The van der Waals surface area contributed by atoms with E-state index < -0.39 is 0 Å². The minimum atomic E-state index is 0.371. The highest BCUT2D eigenvalue weighted by Crippen LogP contribution is 2.23. The summed E-state index contributed by atoms with van der Waals surface area (Å²) < 4.78 is 5.11. The van der Waals surface area contributed by atoms with Crippen molar-refractivity contribution in [1.29, 1.82) is 0 Å². The minimum absolute atomic E-state index is 0.371. The molecule has 20 heavy (non-hydrogen) atoms. The Morgan fingerprint density at radius 1 is 1.35 bits per heavy atom. The maximum atomic E-state index is 5.54. The Bertz CT molecular complexity index is 659. The topological polar surface area (TPSA) is 41.8 Å². The van der Waals surface area contributed by atoms with Crippen molar-refractivity contribution in [3.05, 3.63) is 10.5 Å². The van der Waals surface area contributed by atoms with Crippen molar-refractivity contribution in [2.75, 3.05) is 19.6 Å². The van der Waals surface area contributed by atoms with Crippen molar-refractivity contribution in [3.8, 4) is 0 Å². The van der Waals surface area contributed by atoms with E-state index in [-0.39, 0.29) is 0 Å². The summed E-state index contributed by atoms with van der Waals surface area (Å²) in [6, 6.07) is 0.371. The Hall–Kier alpha value is -1.14. The Kier molecular flexibility index (Phi) is 3.69. The molecule has 2 aromatic heterocycles. The number of nitrogens with zero attached hydrogens (tertiary/aromatic N) is 4. The number of aryl methyl sites for hydroxylation is 2. The van der Waals surface area contributed by atoms with Gasteiger partial charge in [0.15, 0.2) is 10.4 Å². The molecule has 5 nitrogen and oxygen atoms in total. The average molecular weight is 293 g/mol. The standard InChI is InChI=1S/C14H23N5S/c1-4-18-13-12(11(3)16-18)15-14(20)19(13)10(2)9-17-7-5-6-8-17/h10H,4-9H2,1-3H3,(H,15,20). The molecule has 0 aliphatic carbocycles. The van der Waals surface area contributed by atoms with E-state index in [9.17, 15) is 0 Å². The number of fused-ring (bicyclic) bond motifs is 1. The summed E-state index contributed by atoms with van der Waals surface area (Å²) in [6.07, 6.45) is 2.65. The molecule has 3 rings (SSSR count). The fourth-order valence-electron chi connectivity index (χ4n) is 3.27. The van der Waals surface area contributed by atoms with Crippen LogP contribution in [0.25, 0.3) is 11.2 Å². The number of aromatic nitrogens is 4. The highest BCUT2D eigenvalue weighted by molar-refractivity contribution is 7.71. The molecular weight excluding hydrogens is 270 g/mol. The van der Waals surface area contributed by atoms with Gasteiger partial charge in [-0.3, -0.25) is 4.57 Å². The van der Waals surface area contributed by atoms with Gasteiger partial charge >= 0.3 is 0 Å². The van der Waals surface area contributed by atoms with Gasteiger partial charge in [-0.25, -0.2) is 4.68 Å². The van der Waals surface area contributed by atoms with Crippen molar-refractivity contribution >= 4 is 23.4 Å². The third-order valence-electron chi connectivity index (χ3n) is 4.24. The molecule has 0 aromatic carbocycles. The molecule has 3 heterocycles. The highest BCUT2D eigenvalue weighted by atomic mass is 32.1. The zero-order valence-electron chi connectivity index (χ0n) is 12.5. The molecule has 1 saturated heterocycles. The SMILES string of the molecule is CCn1nc(C)c2[nH]c(=S)n(C(C)CN3CCCC3)c21. The van der Waals surface area contributed by atoms with Crippen LogP contribution < -0.4 is 0 Å². The quantitative estimate of drug-likeness (QED) is 0.881. The fraction of sp³-hybridized carbons (Fsp3) is 0.714. The number of nitrogens with one attached hydrogen (secondary N) is 1. The second-order valence-corrected chi connectivity index (χ2v) is 6.14. The lowest BCUT2D eigenvalue weighted by molar-refractivity contribution is 0.288. The van der Waals surface area contributed by atoms with Crippen LogP contribution in [0.4, 0.5) is 0 Å². The highest BCUT2D eigenvalue weighted by Gasteiger charge is 2.21. The second-order valence-electron chi connectivity index (χ2n) is 5.76. The van der Waals surface area contributed by atoms with Crippen LogP contribution in [0.5, 0.6) is 0 Å². The summed E-state index contributed by atoms with van der Waals surface area (Å²) in [5.74, 6) is 0. The van der Waals surface area contributed by atoms with Crippen molar-refractivity contribution < 1.29 is 0 Å². The lowest BCUT2D eigenvalue weighted by atomic mass is 10.3. The average Bonchev–Trinajstić information content (AvgIpc) is 3.08. The van der Waals surface area contributed by atoms with Crippen molar-refractivity contribution in [2.24, 2.45) is 0 Å². The predicted octanol–water partition coefficient (Wildman–Crippen LogP) is 2.88. The zero-order valence-corrected chi connectivity index (χ0v) is 13.3. The summed E-state index contributed by atoms with van der Waals surface area (Å²) in [6.45, 7) is 10.8. The first-order valence-electron chi connectivity index (χ1n) is 7.51. The van der Waals surface area contributed by atoms with E-state index in [2.05, 4.69) is 38.1 Å². The molecule has 2 aromatic rings. The van der Waals surface area contributed by atoms with E-state index >= 15 is 0 Å². The van der Waals surface area contributed by atoms with Gasteiger partial charge in [-0.2, -0.15) is 5.10 Å². The van der Waals surface area contributed by atoms with E-state index in [1.54, 1.807) is 0 Å². The molecule has 1 unspecified atom stereocenters. The maximum absolute atomic E-state index is 5.54. The Labute approximate surface area is 124 Å². The number of likely N-dealkylation sites (tertiary alicyclic amines) is 1. The van der Waals surface area contributed by atoms with E-state index in [1.165, 1.54) is 25.9 Å². The molecular formula is C14H23N5S. The molecule has 1 N–H and O–H groups in total. The predicted molar refractivity (Wildman–Crippen MR) is 83.7 cm³/mol. The molecule has 0 spiro atoms. The van der Waals surface area contributed by atoms with Crippen LogP contribution in [-0.4, -0.2) is 43.9 Å². The third kappa shape index (κ3) is 2.20. The molecule has 6 heteroatoms. The largest absolute Gasteiger partial charge is 0.328 e. The van der Waals surface area contributed by atoms with Gasteiger partial charge in [0.25, 0.3) is 0 Å². The number of rotatable bonds is 4. The van der Waals surface area contributed by atoms with Gasteiger partial charge in [0.1, 0.15) is 5.52 Å². The van der Waals surface area contributed by atoms with E-state index in [4.69, 9.17) is 12.2 Å². The Morgan fingerprint density at radius 3 is 2.70 bits per heavy atom.